The van der Waals surface area contributed by atoms with Gasteiger partial charge in [0.2, 0.25) is 6.79 Å². The Hall–Kier alpha value is -1.69. The Morgan fingerprint density at radius 2 is 0.971 bits per heavy atom. The highest BCUT2D eigenvalue weighted by Gasteiger charge is 2.37. The Bertz CT molecular complexity index is 908. The number of hydrogen-bond donors (Lipinski definition) is 0. The van der Waals surface area contributed by atoms with Gasteiger partial charge in [-0.05, 0) is 32.9 Å². The van der Waals surface area contributed by atoms with Gasteiger partial charge in [-0.15, -0.1) is 0 Å². The minimum atomic E-state index is -6.00. The van der Waals surface area contributed by atoms with E-state index in [2.05, 4.69) is 61.4 Å². The van der Waals surface area contributed by atoms with Gasteiger partial charge in [0.15, 0.2) is 0 Å². The number of para-hydroxylation sites is 2. The standard InChI is InChI=1S/C21H26O2S2.2BF4/c1-24(2)18-11-14-7-5-8-15-12-19(25(3)4)17-10-6-9-16(18)21(17)23-13-22-20(14)15;2*2-1(3,4)5/h5-10,18-19H,11-13H2,1-4H3;;/q+2;2*-1. The van der Waals surface area contributed by atoms with E-state index in [0.29, 0.717) is 17.3 Å². The molecular weight excluding hydrogens is 522 g/mol. The summed E-state index contributed by atoms with van der Waals surface area (Å²) in [6.45, 7) is 0.301. The lowest BCUT2D eigenvalue weighted by Crippen LogP contribution is -2.19. The van der Waals surface area contributed by atoms with Crippen LogP contribution in [0.1, 0.15) is 32.8 Å². The monoisotopic (exact) mass is 548 g/mol. The van der Waals surface area contributed by atoms with Crippen LogP contribution in [0.3, 0.4) is 0 Å². The van der Waals surface area contributed by atoms with Gasteiger partial charge in [0.1, 0.15) is 22.0 Å². The molecule has 2 aliphatic rings. The molecule has 4 rings (SSSR count). The first kappa shape index (κ1) is 29.5. The zero-order valence-electron chi connectivity index (χ0n) is 19.6. The van der Waals surface area contributed by atoms with Crippen LogP contribution in [0.5, 0.6) is 11.5 Å². The third kappa shape index (κ3) is 9.36. The molecule has 0 saturated carbocycles. The van der Waals surface area contributed by atoms with Gasteiger partial charge in [0, 0.05) is 24.0 Å². The Kier molecular flexibility index (Phi) is 10.2. The maximum absolute atomic E-state index is 9.75. The van der Waals surface area contributed by atoms with Gasteiger partial charge < -0.3 is 44.0 Å². The molecule has 0 spiro atoms. The van der Waals surface area contributed by atoms with Crippen LogP contribution < -0.4 is 9.47 Å². The summed E-state index contributed by atoms with van der Waals surface area (Å²) in [5.74, 6) is 2.16. The van der Waals surface area contributed by atoms with E-state index in [1.54, 1.807) is 0 Å². The first-order valence-corrected chi connectivity index (χ1v) is 14.6. The molecule has 0 aromatic heterocycles. The average molecular weight is 548 g/mol. The third-order valence-electron chi connectivity index (χ3n) is 5.30. The van der Waals surface area contributed by atoms with Gasteiger partial charge in [-0.2, -0.15) is 0 Å². The number of benzene rings is 2. The van der Waals surface area contributed by atoms with Crippen molar-refractivity contribution in [2.24, 2.45) is 0 Å². The van der Waals surface area contributed by atoms with E-state index in [1.165, 1.54) is 22.3 Å². The summed E-state index contributed by atoms with van der Waals surface area (Å²) >= 11 is 0. The lowest BCUT2D eigenvalue weighted by molar-refractivity contribution is 0.118. The Labute approximate surface area is 205 Å². The maximum Gasteiger partial charge on any atom is 0.673 e. The molecule has 196 valence electrons. The quantitative estimate of drug-likeness (QED) is 0.238. The van der Waals surface area contributed by atoms with E-state index in [4.69, 9.17) is 9.47 Å². The van der Waals surface area contributed by atoms with Crippen molar-refractivity contribution in [1.82, 2.24) is 0 Å². The smallest absolute Gasteiger partial charge is 0.457 e. The van der Waals surface area contributed by atoms with Gasteiger partial charge >= 0.3 is 14.5 Å². The van der Waals surface area contributed by atoms with Crippen LogP contribution >= 0.6 is 0 Å². The van der Waals surface area contributed by atoms with Gasteiger partial charge in [-0.3, -0.25) is 0 Å². The second-order valence-electron chi connectivity index (χ2n) is 8.21. The molecular formula is C21H26B2F8O2S2. The van der Waals surface area contributed by atoms with E-state index in [0.717, 1.165) is 24.3 Å². The van der Waals surface area contributed by atoms with Crippen LogP contribution in [0, 0.1) is 0 Å². The molecule has 2 aliphatic heterocycles. The van der Waals surface area contributed by atoms with Crippen LogP contribution in [-0.2, 0) is 34.6 Å². The summed E-state index contributed by atoms with van der Waals surface area (Å²) in [7, 11) is -11.5. The summed E-state index contributed by atoms with van der Waals surface area (Å²) in [4.78, 5) is 0. The first-order valence-electron chi connectivity index (χ1n) is 10.4. The highest BCUT2D eigenvalue weighted by Crippen LogP contribution is 2.45. The molecule has 14 heteroatoms. The molecule has 0 aliphatic carbocycles. The highest BCUT2D eigenvalue weighted by molar-refractivity contribution is 7.96. The van der Waals surface area contributed by atoms with Crippen LogP contribution in [0.2, 0.25) is 0 Å². The Morgan fingerprint density at radius 1 is 0.629 bits per heavy atom. The molecule has 0 radical (unpaired) electrons. The molecule has 2 aromatic rings. The lowest BCUT2D eigenvalue weighted by atomic mass is 9.92. The van der Waals surface area contributed by atoms with Crippen LogP contribution in [0.15, 0.2) is 36.4 Å². The van der Waals surface area contributed by atoms with Crippen molar-refractivity contribution in [2.75, 3.05) is 31.8 Å². The minimum Gasteiger partial charge on any atom is -0.457 e. The molecule has 0 saturated heterocycles. The number of rotatable bonds is 2. The fraction of sp³-hybridized carbons (Fsp3) is 0.429. The molecule has 0 N–H and O–H groups in total. The number of hydrogen-bond acceptors (Lipinski definition) is 2. The summed E-state index contributed by atoms with van der Waals surface area (Å²) in [6, 6.07) is 13.4. The van der Waals surface area contributed by atoms with Crippen molar-refractivity contribution in [3.05, 3.63) is 58.7 Å². The van der Waals surface area contributed by atoms with Gasteiger partial charge in [-0.25, -0.2) is 0 Å². The zero-order valence-corrected chi connectivity index (χ0v) is 21.2. The van der Waals surface area contributed by atoms with Gasteiger partial charge in [0.25, 0.3) is 0 Å². The van der Waals surface area contributed by atoms with Crippen LogP contribution in [-0.4, -0.2) is 46.3 Å². The fourth-order valence-electron chi connectivity index (χ4n) is 4.00. The average Bonchev–Trinajstić information content (AvgIpc) is 2.82. The SMILES string of the molecule is C[S+](C)C1Cc2cccc3c2OCOc2c1cccc2C([S+](C)C)C3.F[B-](F)(F)F.F[B-](F)(F)F. The normalized spacial score (nSPS) is 18.9. The highest BCUT2D eigenvalue weighted by atomic mass is 32.2. The van der Waals surface area contributed by atoms with Crippen LogP contribution in [0.4, 0.5) is 34.5 Å². The van der Waals surface area contributed by atoms with Crippen molar-refractivity contribution in [3.8, 4) is 11.5 Å². The summed E-state index contributed by atoms with van der Waals surface area (Å²) < 4.78 is 90.4. The molecule has 0 amide bonds. The van der Waals surface area contributed by atoms with Crippen molar-refractivity contribution >= 4 is 36.3 Å². The summed E-state index contributed by atoms with van der Waals surface area (Å²) in [5, 5.41) is 0.944. The Balaban J connectivity index is 0.000000368. The van der Waals surface area contributed by atoms with Crippen molar-refractivity contribution in [3.63, 3.8) is 0 Å². The van der Waals surface area contributed by atoms with E-state index in [-0.39, 0.29) is 21.8 Å². The number of fused-ring (bicyclic) bond motifs is 2. The predicted octanol–water partition coefficient (Wildman–Crippen LogP) is 6.65. The van der Waals surface area contributed by atoms with Gasteiger partial charge in [0.05, 0.1) is 25.0 Å². The lowest BCUT2D eigenvalue weighted by Gasteiger charge is -2.23. The van der Waals surface area contributed by atoms with Gasteiger partial charge in [-0.1, -0.05) is 36.4 Å². The van der Waals surface area contributed by atoms with E-state index < -0.39 is 14.5 Å². The topological polar surface area (TPSA) is 18.5 Å². The fourth-order valence-corrected chi connectivity index (χ4v) is 6.41. The molecule has 2 atom stereocenters. The minimum absolute atomic E-state index is 0.257. The molecule has 2 unspecified atom stereocenters. The van der Waals surface area contributed by atoms with Crippen molar-refractivity contribution in [2.45, 2.75) is 23.3 Å². The molecule has 35 heavy (non-hydrogen) atoms. The van der Waals surface area contributed by atoms with Crippen molar-refractivity contribution in [1.29, 1.82) is 0 Å². The van der Waals surface area contributed by atoms with Crippen LogP contribution in [0.25, 0.3) is 0 Å². The Morgan fingerprint density at radius 3 is 1.34 bits per heavy atom. The molecule has 2 aromatic carbocycles. The predicted molar refractivity (Wildman–Crippen MR) is 131 cm³/mol. The van der Waals surface area contributed by atoms with E-state index >= 15 is 0 Å². The molecule has 2 heterocycles. The molecule has 2 nitrogen and oxygen atoms in total. The molecule has 0 fully saturated rings. The summed E-state index contributed by atoms with van der Waals surface area (Å²) in [5.41, 5.74) is 5.40. The first-order chi connectivity index (χ1) is 16.1. The molecule has 2 bridgehead atoms. The third-order valence-corrected chi connectivity index (χ3v) is 8.42. The maximum atomic E-state index is 9.75. The second kappa shape index (κ2) is 12.0. The summed E-state index contributed by atoms with van der Waals surface area (Å²) in [6.07, 6.45) is 11.4. The largest absolute Gasteiger partial charge is 0.673 e. The zero-order chi connectivity index (χ0) is 26.6. The number of halogens is 8. The van der Waals surface area contributed by atoms with Crippen molar-refractivity contribution < 1.29 is 44.0 Å². The van der Waals surface area contributed by atoms with E-state index in [1.807, 2.05) is 0 Å². The number of ether oxygens (including phenoxy) is 2. The van der Waals surface area contributed by atoms with E-state index in [9.17, 15) is 34.5 Å². The second-order valence-corrected chi connectivity index (χ2v) is 12.9.